The minimum Gasteiger partial charge on any atom is -0.0807 e. The van der Waals surface area contributed by atoms with E-state index in [4.69, 9.17) is 0 Å². The van der Waals surface area contributed by atoms with Gasteiger partial charge in [-0.3, -0.25) is 0 Å². The Balaban J connectivity index is 2.87. The lowest BCUT2D eigenvalue weighted by Crippen LogP contribution is -2.13. The van der Waals surface area contributed by atoms with Gasteiger partial charge in [-0.25, -0.2) is 0 Å². The first-order chi connectivity index (χ1) is 4.51. The maximum absolute atomic E-state index is 3.62. The zero-order valence-corrected chi connectivity index (χ0v) is 9.29. The second-order valence-corrected chi connectivity index (χ2v) is 5.53. The van der Waals surface area contributed by atoms with Crippen LogP contribution in [-0.4, -0.2) is 4.32 Å². The van der Waals surface area contributed by atoms with Crippen LogP contribution < -0.4 is 0 Å². The summed E-state index contributed by atoms with van der Waals surface area (Å²) in [6.45, 7) is 4.28. The average Bonchev–Trinajstić information content (AvgIpc) is 1.79. The zero-order chi connectivity index (χ0) is 7.78. The summed E-state index contributed by atoms with van der Waals surface area (Å²) in [4.78, 5) is 0. The van der Waals surface area contributed by atoms with E-state index in [-0.39, 0.29) is 4.32 Å². The summed E-state index contributed by atoms with van der Waals surface area (Å²) in [5.74, 6) is 0. The molecule has 1 aliphatic rings. The van der Waals surface area contributed by atoms with Crippen molar-refractivity contribution in [2.75, 3.05) is 0 Å². The van der Waals surface area contributed by atoms with E-state index in [1.165, 1.54) is 10.1 Å². The van der Waals surface area contributed by atoms with E-state index in [9.17, 15) is 0 Å². The van der Waals surface area contributed by atoms with Crippen molar-refractivity contribution in [1.29, 1.82) is 0 Å². The van der Waals surface area contributed by atoms with Gasteiger partial charge < -0.3 is 0 Å². The topological polar surface area (TPSA) is 0 Å². The lowest BCUT2D eigenvalue weighted by atomic mass is 9.99. The van der Waals surface area contributed by atoms with Crippen molar-refractivity contribution in [2.24, 2.45) is 0 Å². The van der Waals surface area contributed by atoms with Gasteiger partial charge in [0.15, 0.2) is 0 Å². The van der Waals surface area contributed by atoms with E-state index < -0.39 is 0 Å². The minimum absolute atomic E-state index is 0.175. The summed E-state index contributed by atoms with van der Waals surface area (Å²) in [5, 5.41) is 0. The highest BCUT2D eigenvalue weighted by molar-refractivity contribution is 9.12. The third kappa shape index (κ3) is 1.96. The molecule has 0 amide bonds. The van der Waals surface area contributed by atoms with Gasteiger partial charge in [0.2, 0.25) is 0 Å². The number of hydrogen-bond donors (Lipinski definition) is 0. The average molecular weight is 266 g/mol. The third-order valence-corrected chi connectivity index (χ3v) is 3.08. The molecule has 10 heavy (non-hydrogen) atoms. The first-order valence-corrected chi connectivity index (χ1v) is 4.84. The number of allylic oxidation sites excluding steroid dienone is 4. The predicted molar refractivity (Wildman–Crippen MR) is 52.7 cm³/mol. The molecule has 1 aliphatic carbocycles. The Kier molecular flexibility index (Phi) is 2.41. The van der Waals surface area contributed by atoms with Crippen molar-refractivity contribution in [1.82, 2.24) is 0 Å². The van der Waals surface area contributed by atoms with E-state index in [0.29, 0.717) is 0 Å². The molecule has 0 nitrogen and oxygen atoms in total. The molecule has 2 heteroatoms. The van der Waals surface area contributed by atoms with Crippen LogP contribution in [0.15, 0.2) is 22.2 Å². The molecular weight excluding hydrogens is 256 g/mol. The Bertz CT molecular complexity index is 199. The number of alkyl halides is 1. The maximum atomic E-state index is 3.62. The maximum Gasteiger partial charge on any atom is 0.0449 e. The molecule has 0 aromatic heterocycles. The summed E-state index contributed by atoms with van der Waals surface area (Å²) in [6.07, 6.45) is 5.49. The lowest BCUT2D eigenvalue weighted by Gasteiger charge is -2.21. The summed E-state index contributed by atoms with van der Waals surface area (Å²) in [6, 6.07) is 0. The van der Waals surface area contributed by atoms with Gasteiger partial charge in [0.05, 0.1) is 0 Å². The van der Waals surface area contributed by atoms with Crippen molar-refractivity contribution in [3.05, 3.63) is 22.2 Å². The first kappa shape index (κ1) is 8.54. The van der Waals surface area contributed by atoms with E-state index in [2.05, 4.69) is 57.9 Å². The fourth-order valence-electron chi connectivity index (χ4n) is 1.03. The molecule has 0 spiro atoms. The highest BCUT2D eigenvalue weighted by Gasteiger charge is 2.19. The van der Waals surface area contributed by atoms with E-state index in [0.717, 1.165) is 6.42 Å². The van der Waals surface area contributed by atoms with Gasteiger partial charge in [0, 0.05) is 8.81 Å². The molecule has 1 atom stereocenters. The second-order valence-electron chi connectivity index (χ2n) is 2.86. The van der Waals surface area contributed by atoms with Crippen LogP contribution in [0.3, 0.4) is 0 Å². The normalized spacial score (nSPS) is 33.2. The van der Waals surface area contributed by atoms with Crippen molar-refractivity contribution < 1.29 is 0 Å². The van der Waals surface area contributed by atoms with Crippen LogP contribution in [0.2, 0.25) is 0 Å². The molecule has 0 heterocycles. The summed E-state index contributed by atoms with van der Waals surface area (Å²) in [7, 11) is 0. The SMILES string of the molecule is CC1=CC(C)(Br)CC=C1Br. The van der Waals surface area contributed by atoms with Crippen LogP contribution in [0.5, 0.6) is 0 Å². The summed E-state index contributed by atoms with van der Waals surface area (Å²) < 4.78 is 1.40. The molecule has 56 valence electrons. The molecule has 0 fully saturated rings. The van der Waals surface area contributed by atoms with E-state index >= 15 is 0 Å². The Labute approximate surface area is 78.6 Å². The zero-order valence-electron chi connectivity index (χ0n) is 6.12. The molecule has 0 bridgehead atoms. The van der Waals surface area contributed by atoms with Gasteiger partial charge >= 0.3 is 0 Å². The van der Waals surface area contributed by atoms with Crippen LogP contribution in [-0.2, 0) is 0 Å². The Morgan fingerprint density at radius 2 is 2.20 bits per heavy atom. The van der Waals surface area contributed by atoms with Crippen LogP contribution >= 0.6 is 31.9 Å². The fraction of sp³-hybridized carbons (Fsp3) is 0.500. The lowest BCUT2D eigenvalue weighted by molar-refractivity contribution is 0.805. The van der Waals surface area contributed by atoms with Crippen molar-refractivity contribution in [3.8, 4) is 0 Å². The van der Waals surface area contributed by atoms with Gasteiger partial charge in [-0.15, -0.1) is 0 Å². The van der Waals surface area contributed by atoms with Crippen LogP contribution in [0.1, 0.15) is 20.3 Å². The molecule has 0 aromatic rings. The van der Waals surface area contributed by atoms with Crippen molar-refractivity contribution in [3.63, 3.8) is 0 Å². The number of hydrogen-bond acceptors (Lipinski definition) is 0. The predicted octanol–water partition coefficient (Wildman–Crippen LogP) is 3.77. The molecule has 0 saturated heterocycles. The molecule has 1 unspecified atom stereocenters. The highest BCUT2D eigenvalue weighted by Crippen LogP contribution is 2.34. The monoisotopic (exact) mass is 264 g/mol. The molecule has 0 aromatic carbocycles. The molecule has 1 rings (SSSR count). The van der Waals surface area contributed by atoms with Gasteiger partial charge in [0.1, 0.15) is 0 Å². The van der Waals surface area contributed by atoms with Crippen LogP contribution in [0.25, 0.3) is 0 Å². The number of halogens is 2. The van der Waals surface area contributed by atoms with Gasteiger partial charge in [0.25, 0.3) is 0 Å². The second kappa shape index (κ2) is 2.82. The summed E-state index contributed by atoms with van der Waals surface area (Å²) >= 11 is 7.10. The van der Waals surface area contributed by atoms with Crippen LogP contribution in [0, 0.1) is 0 Å². The van der Waals surface area contributed by atoms with Crippen LogP contribution in [0.4, 0.5) is 0 Å². The quantitative estimate of drug-likeness (QED) is 0.585. The standard InChI is InChI=1S/C8H10Br2/c1-6-5-8(2,10)4-3-7(6)9/h3,5H,4H2,1-2H3. The minimum atomic E-state index is 0.175. The smallest absolute Gasteiger partial charge is 0.0449 e. The highest BCUT2D eigenvalue weighted by atomic mass is 79.9. The largest absolute Gasteiger partial charge is 0.0807 e. The Morgan fingerprint density at radius 1 is 1.60 bits per heavy atom. The Hall–Kier alpha value is 0.440. The van der Waals surface area contributed by atoms with Gasteiger partial charge in [-0.2, -0.15) is 0 Å². The van der Waals surface area contributed by atoms with Gasteiger partial charge in [-0.05, 0) is 25.8 Å². The molecule has 0 N–H and O–H groups in total. The van der Waals surface area contributed by atoms with Crippen molar-refractivity contribution >= 4 is 31.9 Å². The summed E-state index contributed by atoms with van der Waals surface area (Å²) in [5.41, 5.74) is 1.31. The molecule has 0 radical (unpaired) electrons. The molecular formula is C8H10Br2. The van der Waals surface area contributed by atoms with Gasteiger partial charge in [-0.1, -0.05) is 44.0 Å². The fourth-order valence-corrected chi connectivity index (χ4v) is 1.81. The number of rotatable bonds is 0. The Morgan fingerprint density at radius 3 is 2.60 bits per heavy atom. The molecule has 0 saturated carbocycles. The van der Waals surface area contributed by atoms with E-state index in [1.54, 1.807) is 0 Å². The van der Waals surface area contributed by atoms with Crippen molar-refractivity contribution in [2.45, 2.75) is 24.6 Å². The first-order valence-electron chi connectivity index (χ1n) is 3.26. The molecule has 0 aliphatic heterocycles. The van der Waals surface area contributed by atoms with E-state index in [1.807, 2.05) is 0 Å². The third-order valence-electron chi connectivity index (χ3n) is 1.57.